The second-order valence-corrected chi connectivity index (χ2v) is 5.94. The number of fused-ring (bicyclic) bond motifs is 1. The van der Waals surface area contributed by atoms with E-state index in [1.165, 1.54) is 18.4 Å². The van der Waals surface area contributed by atoms with E-state index in [0.29, 0.717) is 0 Å². The molecule has 0 spiro atoms. The third-order valence-corrected chi connectivity index (χ3v) is 4.10. The summed E-state index contributed by atoms with van der Waals surface area (Å²) in [4.78, 5) is 13.5. The highest BCUT2D eigenvalue weighted by Crippen LogP contribution is 2.24. The molecule has 2 heterocycles. The zero-order chi connectivity index (χ0) is 16.4. The van der Waals surface area contributed by atoms with Gasteiger partial charge in [-0.25, -0.2) is 15.0 Å². The third-order valence-electron chi connectivity index (χ3n) is 4.10. The van der Waals surface area contributed by atoms with Crippen molar-refractivity contribution in [1.29, 1.82) is 0 Å². The third kappa shape index (κ3) is 3.18. The number of imidazole rings is 1. The number of aryl methyl sites for hydroxylation is 4. The predicted octanol–water partition coefficient (Wildman–Crippen LogP) is 4.07. The molecule has 0 fully saturated rings. The maximum Gasteiger partial charge on any atom is 0.183 e. The molecule has 0 unspecified atom stereocenters. The molecule has 0 saturated heterocycles. The molecule has 0 amide bonds. The van der Waals surface area contributed by atoms with Crippen molar-refractivity contribution in [3.05, 3.63) is 41.5 Å². The normalized spacial score (nSPS) is 11.1. The lowest BCUT2D eigenvalue weighted by Gasteiger charge is -2.09. The van der Waals surface area contributed by atoms with Gasteiger partial charge in [0.1, 0.15) is 17.2 Å². The average molecular weight is 309 g/mol. The maximum absolute atomic E-state index is 4.56. The molecular weight excluding hydrogens is 286 g/mol. The van der Waals surface area contributed by atoms with E-state index in [1.807, 2.05) is 25.5 Å². The number of aromatic nitrogens is 4. The maximum atomic E-state index is 4.56. The zero-order valence-corrected chi connectivity index (χ0v) is 14.2. The summed E-state index contributed by atoms with van der Waals surface area (Å²) in [5, 5.41) is 3.41. The lowest BCUT2D eigenvalue weighted by molar-refractivity contribution is 0.795. The van der Waals surface area contributed by atoms with Crippen LogP contribution in [0.15, 0.2) is 24.3 Å². The fourth-order valence-corrected chi connectivity index (χ4v) is 2.69. The van der Waals surface area contributed by atoms with E-state index in [4.69, 9.17) is 0 Å². The molecule has 0 aliphatic carbocycles. The first-order chi connectivity index (χ1) is 11.1. The van der Waals surface area contributed by atoms with Gasteiger partial charge in [-0.2, -0.15) is 0 Å². The van der Waals surface area contributed by atoms with Gasteiger partial charge in [-0.3, -0.25) is 0 Å². The Balaban J connectivity index is 1.92. The van der Waals surface area contributed by atoms with Gasteiger partial charge in [0.05, 0.1) is 0 Å². The Labute approximate surface area is 136 Å². The predicted molar refractivity (Wildman–Crippen MR) is 94.1 cm³/mol. The van der Waals surface area contributed by atoms with Gasteiger partial charge in [-0.05, 0) is 44.4 Å². The number of hydrogen-bond acceptors (Lipinski definition) is 4. The van der Waals surface area contributed by atoms with Crippen LogP contribution in [-0.2, 0) is 13.5 Å². The summed E-state index contributed by atoms with van der Waals surface area (Å²) < 4.78 is 2.02. The van der Waals surface area contributed by atoms with Gasteiger partial charge in [-0.15, -0.1) is 0 Å². The van der Waals surface area contributed by atoms with Crippen LogP contribution in [0.25, 0.3) is 11.2 Å². The van der Waals surface area contributed by atoms with Crippen molar-refractivity contribution in [2.24, 2.45) is 7.05 Å². The van der Waals surface area contributed by atoms with Crippen molar-refractivity contribution in [2.45, 2.75) is 40.0 Å². The summed E-state index contributed by atoms with van der Waals surface area (Å²) in [5.74, 6) is 2.45. The van der Waals surface area contributed by atoms with Crippen molar-refractivity contribution >= 4 is 22.7 Å². The highest BCUT2D eigenvalue weighted by molar-refractivity contribution is 5.86. The van der Waals surface area contributed by atoms with Gasteiger partial charge in [0, 0.05) is 12.7 Å². The van der Waals surface area contributed by atoms with E-state index in [1.54, 1.807) is 0 Å². The van der Waals surface area contributed by atoms with Gasteiger partial charge < -0.3 is 9.88 Å². The second-order valence-electron chi connectivity index (χ2n) is 5.94. The van der Waals surface area contributed by atoms with Crippen LogP contribution in [0.2, 0.25) is 0 Å². The minimum Gasteiger partial charge on any atom is -0.338 e. The van der Waals surface area contributed by atoms with E-state index in [-0.39, 0.29) is 0 Å². The number of anilines is 2. The van der Waals surface area contributed by atoms with E-state index in [0.717, 1.165) is 40.7 Å². The molecule has 1 aromatic carbocycles. The van der Waals surface area contributed by atoms with Crippen LogP contribution in [0, 0.1) is 13.8 Å². The van der Waals surface area contributed by atoms with E-state index in [2.05, 4.69) is 51.5 Å². The monoisotopic (exact) mass is 309 g/mol. The van der Waals surface area contributed by atoms with Crippen LogP contribution in [0.3, 0.4) is 0 Å². The summed E-state index contributed by atoms with van der Waals surface area (Å²) in [6, 6.07) is 8.57. The van der Waals surface area contributed by atoms with Crippen molar-refractivity contribution in [3.63, 3.8) is 0 Å². The zero-order valence-electron chi connectivity index (χ0n) is 14.2. The Morgan fingerprint density at radius 1 is 1.04 bits per heavy atom. The first-order valence-electron chi connectivity index (χ1n) is 8.12. The second kappa shape index (κ2) is 6.36. The highest BCUT2D eigenvalue weighted by atomic mass is 15.2. The molecule has 0 aliphatic heterocycles. The number of hydrogen-bond donors (Lipinski definition) is 1. The summed E-state index contributed by atoms with van der Waals surface area (Å²) in [6.45, 7) is 6.08. The molecule has 3 aromatic rings. The summed E-state index contributed by atoms with van der Waals surface area (Å²) in [7, 11) is 1.99. The Morgan fingerprint density at radius 2 is 1.78 bits per heavy atom. The molecule has 0 atom stereocenters. The molecule has 120 valence electrons. The molecule has 5 nitrogen and oxygen atoms in total. The fourth-order valence-electron chi connectivity index (χ4n) is 2.69. The smallest absolute Gasteiger partial charge is 0.183 e. The molecule has 5 heteroatoms. The van der Waals surface area contributed by atoms with Gasteiger partial charge in [-0.1, -0.05) is 25.5 Å². The highest BCUT2D eigenvalue weighted by Gasteiger charge is 2.13. The van der Waals surface area contributed by atoms with Crippen LogP contribution >= 0.6 is 0 Å². The Kier molecular flexibility index (Phi) is 4.28. The molecule has 1 N–H and O–H groups in total. The van der Waals surface area contributed by atoms with Gasteiger partial charge in [0.15, 0.2) is 11.5 Å². The molecular formula is C18H23N5. The van der Waals surface area contributed by atoms with E-state index in [9.17, 15) is 0 Å². The molecule has 3 rings (SSSR count). The number of benzene rings is 1. The van der Waals surface area contributed by atoms with Crippen LogP contribution in [0.4, 0.5) is 11.5 Å². The van der Waals surface area contributed by atoms with Crippen molar-refractivity contribution in [2.75, 3.05) is 5.32 Å². The first kappa shape index (κ1) is 15.5. The lowest BCUT2D eigenvalue weighted by Crippen LogP contribution is -2.01. The number of unbranched alkanes of at least 4 members (excludes halogenated alkanes) is 1. The average Bonchev–Trinajstić information content (AvgIpc) is 2.81. The largest absolute Gasteiger partial charge is 0.338 e. The molecule has 0 bridgehead atoms. The number of nitrogens with one attached hydrogen (secondary N) is 1. The molecule has 2 aromatic heterocycles. The van der Waals surface area contributed by atoms with Crippen molar-refractivity contribution in [1.82, 2.24) is 19.5 Å². The lowest BCUT2D eigenvalue weighted by atomic mass is 10.1. The van der Waals surface area contributed by atoms with Crippen LogP contribution in [0.1, 0.15) is 37.0 Å². The molecule has 0 radical (unpaired) electrons. The quantitative estimate of drug-likeness (QED) is 0.772. The van der Waals surface area contributed by atoms with Gasteiger partial charge in [0.2, 0.25) is 0 Å². The first-order valence-corrected chi connectivity index (χ1v) is 8.12. The fraction of sp³-hybridized carbons (Fsp3) is 0.389. The molecule has 0 saturated carbocycles. The minimum absolute atomic E-state index is 0.720. The van der Waals surface area contributed by atoms with Gasteiger partial charge in [0.25, 0.3) is 0 Å². The standard InChI is InChI=1S/C18H23N5/c1-5-6-7-14-8-10-15(11-9-14)22-18-16-17(19-12(2)20-18)21-13(3)23(16)4/h8-11H,5-7H2,1-4H3,(H,19,20,22). The summed E-state index contributed by atoms with van der Waals surface area (Å²) >= 11 is 0. The van der Waals surface area contributed by atoms with Crippen LogP contribution in [0.5, 0.6) is 0 Å². The number of nitrogens with zero attached hydrogens (tertiary/aromatic N) is 4. The van der Waals surface area contributed by atoms with E-state index < -0.39 is 0 Å². The summed E-state index contributed by atoms with van der Waals surface area (Å²) in [5.41, 5.74) is 4.07. The summed E-state index contributed by atoms with van der Waals surface area (Å²) in [6.07, 6.45) is 3.58. The number of rotatable bonds is 5. The van der Waals surface area contributed by atoms with Crippen molar-refractivity contribution in [3.8, 4) is 0 Å². The van der Waals surface area contributed by atoms with Gasteiger partial charge >= 0.3 is 0 Å². The molecule has 23 heavy (non-hydrogen) atoms. The Bertz CT molecular complexity index is 818. The van der Waals surface area contributed by atoms with Crippen LogP contribution < -0.4 is 5.32 Å². The SMILES string of the molecule is CCCCc1ccc(Nc2nc(C)nc3nc(C)n(C)c23)cc1. The van der Waals surface area contributed by atoms with Crippen molar-refractivity contribution < 1.29 is 0 Å². The topological polar surface area (TPSA) is 55.6 Å². The molecule has 0 aliphatic rings. The Morgan fingerprint density at radius 3 is 2.48 bits per heavy atom. The Hall–Kier alpha value is -2.43. The van der Waals surface area contributed by atoms with Crippen LogP contribution in [-0.4, -0.2) is 19.5 Å². The minimum atomic E-state index is 0.720. The van der Waals surface area contributed by atoms with E-state index >= 15 is 0 Å².